The van der Waals surface area contributed by atoms with E-state index in [1.165, 1.54) is 0 Å². The van der Waals surface area contributed by atoms with Crippen molar-refractivity contribution in [3.05, 3.63) is 70.4 Å². The summed E-state index contributed by atoms with van der Waals surface area (Å²) in [6.45, 7) is 7.99. The average molecular weight is 610 g/mol. The summed E-state index contributed by atoms with van der Waals surface area (Å²) in [5.41, 5.74) is 6.88. The Hall–Kier alpha value is -3.89. The van der Waals surface area contributed by atoms with Crippen LogP contribution in [0.15, 0.2) is 48.5 Å². The molecule has 0 saturated carbocycles. The van der Waals surface area contributed by atoms with Crippen molar-refractivity contribution >= 4 is 46.3 Å². The van der Waals surface area contributed by atoms with Gasteiger partial charge < -0.3 is 25.7 Å². The molecule has 43 heavy (non-hydrogen) atoms. The van der Waals surface area contributed by atoms with E-state index < -0.39 is 23.0 Å². The maximum absolute atomic E-state index is 13.9. The van der Waals surface area contributed by atoms with Crippen molar-refractivity contribution in [1.82, 2.24) is 20.1 Å². The Balaban J connectivity index is 1.58. The first-order chi connectivity index (χ1) is 20.3. The summed E-state index contributed by atoms with van der Waals surface area (Å²) in [5.74, 6) is -1.17. The minimum atomic E-state index is -1.19. The number of fused-ring (bicyclic) bond motifs is 1. The number of H-pyrrole nitrogens is 1. The highest BCUT2D eigenvalue weighted by Crippen LogP contribution is 2.34. The molecule has 0 spiro atoms. The van der Waals surface area contributed by atoms with Crippen LogP contribution in [0.4, 0.5) is 4.79 Å². The van der Waals surface area contributed by atoms with E-state index in [0.717, 1.165) is 33.4 Å². The van der Waals surface area contributed by atoms with Crippen LogP contribution in [0.25, 0.3) is 10.9 Å². The number of carbonyl (C=O) groups is 4. The zero-order chi connectivity index (χ0) is 31.4. The van der Waals surface area contributed by atoms with Gasteiger partial charge >= 0.3 is 6.03 Å². The van der Waals surface area contributed by atoms with Crippen molar-refractivity contribution in [2.24, 2.45) is 11.1 Å². The fraction of sp³-hybridized carbons (Fsp3) is 0.438. The first-order valence-electron chi connectivity index (χ1n) is 14.5. The topological polar surface area (TPSA) is 138 Å². The van der Waals surface area contributed by atoms with Crippen LogP contribution in [0, 0.1) is 5.41 Å². The maximum atomic E-state index is 13.9. The molecule has 1 aliphatic rings. The second-order valence-corrected chi connectivity index (χ2v) is 12.4. The molecule has 5 amide bonds. The highest BCUT2D eigenvalue weighted by Gasteiger charge is 2.45. The molecule has 4 rings (SSSR count). The van der Waals surface area contributed by atoms with Gasteiger partial charge in [-0.2, -0.15) is 0 Å². The Morgan fingerprint density at radius 3 is 2.42 bits per heavy atom. The molecule has 1 aliphatic heterocycles. The van der Waals surface area contributed by atoms with E-state index in [2.05, 4.69) is 10.3 Å². The number of nitrogens with zero attached hydrogens (tertiary/aromatic N) is 2. The number of piperidine rings is 1. The Morgan fingerprint density at radius 2 is 1.79 bits per heavy atom. The van der Waals surface area contributed by atoms with E-state index in [4.69, 9.17) is 22.1 Å². The summed E-state index contributed by atoms with van der Waals surface area (Å²) in [6.07, 6.45) is 1.27. The number of ether oxygens (including phenoxy) is 1. The number of urea groups is 1. The van der Waals surface area contributed by atoms with Crippen LogP contribution in [-0.2, 0) is 27.3 Å². The van der Waals surface area contributed by atoms with Gasteiger partial charge in [0.1, 0.15) is 12.3 Å². The van der Waals surface area contributed by atoms with Crippen LogP contribution < -0.4 is 11.1 Å². The summed E-state index contributed by atoms with van der Waals surface area (Å²) < 4.78 is 5.66. The minimum Gasteiger partial charge on any atom is -0.366 e. The van der Waals surface area contributed by atoms with E-state index in [1.807, 2.05) is 58.0 Å². The number of carbonyl (C=O) groups excluding carboxylic acids is 4. The molecular formula is C32H40ClN5O5. The Labute approximate surface area is 256 Å². The Morgan fingerprint density at radius 1 is 1.09 bits per heavy atom. The first-order valence-corrected chi connectivity index (χ1v) is 14.9. The quantitative estimate of drug-likeness (QED) is 0.324. The van der Waals surface area contributed by atoms with Crippen molar-refractivity contribution in [1.29, 1.82) is 0 Å². The molecule has 0 bridgehead atoms. The number of nitrogens with one attached hydrogen (secondary N) is 2. The number of halogens is 1. The number of aromatic nitrogens is 1. The normalized spacial score (nSPS) is 14.9. The third-order valence-electron chi connectivity index (χ3n) is 7.88. The van der Waals surface area contributed by atoms with Gasteiger partial charge in [-0.25, -0.2) is 4.79 Å². The van der Waals surface area contributed by atoms with E-state index in [-0.39, 0.29) is 63.1 Å². The molecular weight excluding hydrogens is 570 g/mol. The molecule has 2 aromatic carbocycles. The molecule has 1 aromatic heterocycles. The van der Waals surface area contributed by atoms with Crippen molar-refractivity contribution < 1.29 is 23.9 Å². The first kappa shape index (κ1) is 32.0. The van der Waals surface area contributed by atoms with Crippen molar-refractivity contribution in [2.75, 3.05) is 26.2 Å². The van der Waals surface area contributed by atoms with Gasteiger partial charge in [-0.1, -0.05) is 42.8 Å². The number of imide groups is 1. The SMILES string of the molecule is CCc1ccc2[nH]c(C(=O)N(CC3(C(=O)NCc4ccccc4Cl)CCN(C(=O)COC(C)(C)C)CC3)C(N)=O)cc2c1. The Bertz CT molecular complexity index is 1500. The zero-order valence-electron chi connectivity index (χ0n) is 25.2. The van der Waals surface area contributed by atoms with Crippen LogP contribution in [0.2, 0.25) is 5.02 Å². The third kappa shape index (κ3) is 7.74. The zero-order valence-corrected chi connectivity index (χ0v) is 25.9. The van der Waals surface area contributed by atoms with Gasteiger partial charge in [-0.05, 0) is 75.4 Å². The monoisotopic (exact) mass is 609 g/mol. The molecule has 1 fully saturated rings. The van der Waals surface area contributed by atoms with Gasteiger partial charge in [0.25, 0.3) is 5.91 Å². The smallest absolute Gasteiger partial charge is 0.321 e. The van der Waals surface area contributed by atoms with Crippen LogP contribution in [-0.4, -0.2) is 70.4 Å². The fourth-order valence-electron chi connectivity index (χ4n) is 5.23. The van der Waals surface area contributed by atoms with Crippen LogP contribution >= 0.6 is 11.6 Å². The standard InChI is InChI=1S/C32H40ClN5O5/c1-5-21-10-11-25-23(16-21)17-26(36-25)28(40)38(30(34)42)20-32(29(41)35-18-22-8-6-7-9-24(22)33)12-14-37(15-13-32)27(39)19-43-31(2,3)4/h6-11,16-17,36H,5,12-15,18-20H2,1-4H3,(H2,34,42)(H,35,41). The lowest BCUT2D eigenvalue weighted by Gasteiger charge is -2.42. The molecule has 2 heterocycles. The van der Waals surface area contributed by atoms with Crippen molar-refractivity contribution in [3.8, 4) is 0 Å². The lowest BCUT2D eigenvalue weighted by molar-refractivity contribution is -0.147. The third-order valence-corrected chi connectivity index (χ3v) is 8.25. The summed E-state index contributed by atoms with van der Waals surface area (Å²) >= 11 is 6.31. The van der Waals surface area contributed by atoms with Crippen molar-refractivity contribution in [3.63, 3.8) is 0 Å². The van der Waals surface area contributed by atoms with E-state index in [1.54, 1.807) is 23.1 Å². The number of primary amides is 1. The number of hydrogen-bond donors (Lipinski definition) is 3. The molecule has 0 aliphatic carbocycles. The van der Waals surface area contributed by atoms with Gasteiger partial charge in [0.05, 0.1) is 11.0 Å². The molecule has 230 valence electrons. The van der Waals surface area contributed by atoms with E-state index >= 15 is 0 Å². The second-order valence-electron chi connectivity index (χ2n) is 12.0. The van der Waals surface area contributed by atoms with Gasteiger partial charge in [-0.15, -0.1) is 0 Å². The predicted octanol–water partition coefficient (Wildman–Crippen LogP) is 4.64. The summed E-state index contributed by atoms with van der Waals surface area (Å²) in [6, 6.07) is 13.7. The van der Waals surface area contributed by atoms with Crippen LogP contribution in [0.3, 0.4) is 0 Å². The van der Waals surface area contributed by atoms with Gasteiger partial charge in [0.2, 0.25) is 11.8 Å². The molecule has 0 unspecified atom stereocenters. The number of amides is 5. The lowest BCUT2D eigenvalue weighted by Crippen LogP contribution is -2.57. The molecule has 1 saturated heterocycles. The van der Waals surface area contributed by atoms with Gasteiger partial charge in [-0.3, -0.25) is 19.3 Å². The molecule has 0 atom stereocenters. The van der Waals surface area contributed by atoms with Crippen LogP contribution in [0.5, 0.6) is 0 Å². The second kappa shape index (κ2) is 13.2. The van der Waals surface area contributed by atoms with E-state index in [0.29, 0.717) is 5.02 Å². The molecule has 11 heteroatoms. The van der Waals surface area contributed by atoms with Crippen molar-refractivity contribution in [2.45, 2.75) is 59.1 Å². The number of aromatic amines is 1. The number of benzene rings is 2. The number of likely N-dealkylation sites (tertiary alicyclic amines) is 1. The highest BCUT2D eigenvalue weighted by atomic mass is 35.5. The maximum Gasteiger partial charge on any atom is 0.321 e. The lowest BCUT2D eigenvalue weighted by atomic mass is 9.76. The van der Waals surface area contributed by atoms with Gasteiger partial charge in [0.15, 0.2) is 0 Å². The number of rotatable bonds is 9. The summed E-state index contributed by atoms with van der Waals surface area (Å²) in [7, 11) is 0. The number of aryl methyl sites for hydroxylation is 1. The Kier molecular flexibility index (Phi) is 9.82. The minimum absolute atomic E-state index is 0.0821. The predicted molar refractivity (Wildman–Crippen MR) is 166 cm³/mol. The fourth-order valence-corrected chi connectivity index (χ4v) is 5.43. The van der Waals surface area contributed by atoms with E-state index in [9.17, 15) is 19.2 Å². The largest absolute Gasteiger partial charge is 0.366 e. The molecule has 10 nitrogen and oxygen atoms in total. The molecule has 0 radical (unpaired) electrons. The average Bonchev–Trinajstić information content (AvgIpc) is 3.41. The van der Waals surface area contributed by atoms with Gasteiger partial charge in [0, 0.05) is 42.1 Å². The highest BCUT2D eigenvalue weighted by molar-refractivity contribution is 6.31. The van der Waals surface area contributed by atoms with Crippen LogP contribution in [0.1, 0.15) is 62.2 Å². The number of hydrogen-bond acceptors (Lipinski definition) is 5. The summed E-state index contributed by atoms with van der Waals surface area (Å²) in [5, 5.41) is 4.29. The molecule has 3 aromatic rings. The summed E-state index contributed by atoms with van der Waals surface area (Å²) in [4.78, 5) is 58.8. The number of nitrogens with two attached hydrogens (primary N) is 1. The molecule has 4 N–H and O–H groups in total.